The zero-order chi connectivity index (χ0) is 21.5. The van der Waals surface area contributed by atoms with Gasteiger partial charge in [0.1, 0.15) is 0 Å². The zero-order valence-corrected chi connectivity index (χ0v) is 18.5. The molecule has 0 radical (unpaired) electrons. The normalized spacial score (nSPS) is 19.4. The van der Waals surface area contributed by atoms with Crippen LogP contribution in [0, 0.1) is 0 Å². The van der Waals surface area contributed by atoms with Crippen molar-refractivity contribution in [2.75, 3.05) is 53.6 Å². The number of rotatable bonds is 7. The van der Waals surface area contributed by atoms with Gasteiger partial charge in [0, 0.05) is 52.4 Å². The van der Waals surface area contributed by atoms with Crippen molar-refractivity contribution in [2.24, 2.45) is 4.99 Å². The molecule has 0 bridgehead atoms. The molecular formula is C24H33N5O2. The Bertz CT molecular complexity index is 874. The third-order valence-corrected chi connectivity index (χ3v) is 5.91. The molecule has 1 unspecified atom stereocenters. The van der Waals surface area contributed by atoms with Gasteiger partial charge in [-0.3, -0.25) is 9.89 Å². The maximum atomic E-state index is 5.45. The van der Waals surface area contributed by atoms with Crippen molar-refractivity contribution in [3.8, 4) is 11.5 Å². The van der Waals surface area contributed by atoms with Gasteiger partial charge in [0.25, 0.3) is 0 Å². The van der Waals surface area contributed by atoms with Crippen molar-refractivity contribution >= 4 is 5.96 Å². The summed E-state index contributed by atoms with van der Waals surface area (Å²) in [6.07, 6.45) is 1.07. The molecule has 166 valence electrons. The van der Waals surface area contributed by atoms with E-state index < -0.39 is 0 Å². The van der Waals surface area contributed by atoms with Gasteiger partial charge < -0.3 is 25.0 Å². The molecule has 2 aromatic carbocycles. The fourth-order valence-corrected chi connectivity index (χ4v) is 4.16. The van der Waals surface area contributed by atoms with Crippen LogP contribution >= 0.6 is 0 Å². The molecule has 7 heteroatoms. The second-order valence-corrected chi connectivity index (χ2v) is 8.12. The number of fused-ring (bicyclic) bond motifs is 1. The molecule has 2 aromatic rings. The minimum absolute atomic E-state index is 0.299. The average molecular weight is 424 g/mol. The molecule has 31 heavy (non-hydrogen) atoms. The van der Waals surface area contributed by atoms with Crippen LogP contribution in [0.3, 0.4) is 0 Å². The fraction of sp³-hybridized carbons (Fsp3) is 0.458. The van der Waals surface area contributed by atoms with Gasteiger partial charge in [-0.05, 0) is 36.7 Å². The van der Waals surface area contributed by atoms with E-state index in [0.717, 1.165) is 62.2 Å². The van der Waals surface area contributed by atoms with Crippen LogP contribution < -0.4 is 20.1 Å². The second-order valence-electron chi connectivity index (χ2n) is 8.12. The summed E-state index contributed by atoms with van der Waals surface area (Å²) in [7, 11) is 4.02. The number of hydrogen-bond acceptors (Lipinski definition) is 5. The first-order valence-electron chi connectivity index (χ1n) is 11.0. The molecule has 0 saturated carbocycles. The highest BCUT2D eigenvalue weighted by atomic mass is 16.7. The SMILES string of the molecule is CN=C(NCCCN1CCN(C)CC1c1ccccc1)NCc1ccc2c(c1)OCO2. The van der Waals surface area contributed by atoms with E-state index in [2.05, 4.69) is 62.8 Å². The summed E-state index contributed by atoms with van der Waals surface area (Å²) >= 11 is 0. The molecule has 0 amide bonds. The summed E-state index contributed by atoms with van der Waals surface area (Å²) in [4.78, 5) is 9.39. The minimum Gasteiger partial charge on any atom is -0.454 e. The van der Waals surface area contributed by atoms with Gasteiger partial charge in [0.05, 0.1) is 0 Å². The molecule has 0 aromatic heterocycles. The van der Waals surface area contributed by atoms with Crippen molar-refractivity contribution in [1.82, 2.24) is 20.4 Å². The molecule has 4 rings (SSSR count). The lowest BCUT2D eigenvalue weighted by molar-refractivity contribution is 0.0891. The van der Waals surface area contributed by atoms with Gasteiger partial charge >= 0.3 is 0 Å². The van der Waals surface area contributed by atoms with Crippen LogP contribution in [0.4, 0.5) is 0 Å². The second kappa shape index (κ2) is 10.5. The van der Waals surface area contributed by atoms with Gasteiger partial charge in [-0.15, -0.1) is 0 Å². The molecule has 2 N–H and O–H groups in total. The van der Waals surface area contributed by atoms with Crippen LogP contribution in [0.1, 0.15) is 23.6 Å². The maximum absolute atomic E-state index is 5.45. The molecule has 0 aliphatic carbocycles. The number of ether oxygens (including phenoxy) is 2. The summed E-state index contributed by atoms with van der Waals surface area (Å²) in [5, 5.41) is 6.82. The minimum atomic E-state index is 0.299. The van der Waals surface area contributed by atoms with Gasteiger partial charge in [-0.25, -0.2) is 0 Å². The number of nitrogens with one attached hydrogen (secondary N) is 2. The summed E-state index contributed by atoms with van der Waals surface area (Å²) < 4.78 is 10.8. The first-order chi connectivity index (χ1) is 15.2. The number of aliphatic imine (C=N–C) groups is 1. The number of nitrogens with zero attached hydrogens (tertiary/aromatic N) is 3. The zero-order valence-electron chi connectivity index (χ0n) is 18.5. The third-order valence-electron chi connectivity index (χ3n) is 5.91. The number of hydrogen-bond donors (Lipinski definition) is 2. The van der Waals surface area contributed by atoms with E-state index in [1.807, 2.05) is 18.2 Å². The fourth-order valence-electron chi connectivity index (χ4n) is 4.16. The van der Waals surface area contributed by atoms with Crippen LogP contribution in [0.5, 0.6) is 11.5 Å². The van der Waals surface area contributed by atoms with Crippen molar-refractivity contribution in [3.05, 3.63) is 59.7 Å². The van der Waals surface area contributed by atoms with Gasteiger partial charge in [0.15, 0.2) is 17.5 Å². The first-order valence-corrected chi connectivity index (χ1v) is 11.0. The largest absolute Gasteiger partial charge is 0.454 e. The predicted molar refractivity (Wildman–Crippen MR) is 124 cm³/mol. The Hall–Kier alpha value is -2.77. The summed E-state index contributed by atoms with van der Waals surface area (Å²) in [6, 6.07) is 17.3. The Labute approximate surface area is 185 Å². The maximum Gasteiger partial charge on any atom is 0.231 e. The van der Waals surface area contributed by atoms with Crippen molar-refractivity contribution in [3.63, 3.8) is 0 Å². The van der Waals surface area contributed by atoms with Gasteiger partial charge in [0.2, 0.25) is 6.79 Å². The molecule has 2 heterocycles. The predicted octanol–water partition coefficient (Wildman–Crippen LogP) is 2.46. The lowest BCUT2D eigenvalue weighted by Crippen LogP contribution is -2.47. The molecule has 1 fully saturated rings. The highest BCUT2D eigenvalue weighted by molar-refractivity contribution is 5.79. The Morgan fingerprint density at radius 1 is 1.06 bits per heavy atom. The van der Waals surface area contributed by atoms with Crippen LogP contribution in [-0.2, 0) is 6.54 Å². The van der Waals surface area contributed by atoms with Crippen molar-refractivity contribution < 1.29 is 9.47 Å². The molecule has 1 saturated heterocycles. The Morgan fingerprint density at radius 3 is 2.74 bits per heavy atom. The topological polar surface area (TPSA) is 61.4 Å². The van der Waals surface area contributed by atoms with E-state index in [1.165, 1.54) is 5.56 Å². The molecule has 1 atom stereocenters. The Morgan fingerprint density at radius 2 is 1.90 bits per heavy atom. The number of guanidine groups is 1. The highest BCUT2D eigenvalue weighted by Gasteiger charge is 2.25. The van der Waals surface area contributed by atoms with Crippen LogP contribution in [0.25, 0.3) is 0 Å². The molecule has 2 aliphatic heterocycles. The summed E-state index contributed by atoms with van der Waals surface area (Å²) in [6.45, 7) is 6.24. The van der Waals surface area contributed by atoms with Crippen LogP contribution in [0.2, 0.25) is 0 Å². The van der Waals surface area contributed by atoms with Crippen molar-refractivity contribution in [1.29, 1.82) is 0 Å². The van der Waals surface area contributed by atoms with E-state index in [9.17, 15) is 0 Å². The molecule has 2 aliphatic rings. The molecular weight excluding hydrogens is 390 g/mol. The average Bonchev–Trinajstić information content (AvgIpc) is 3.28. The van der Waals surface area contributed by atoms with E-state index in [1.54, 1.807) is 7.05 Å². The first kappa shape index (κ1) is 21.5. The van der Waals surface area contributed by atoms with E-state index in [0.29, 0.717) is 19.4 Å². The van der Waals surface area contributed by atoms with Gasteiger partial charge in [-0.2, -0.15) is 0 Å². The highest BCUT2D eigenvalue weighted by Crippen LogP contribution is 2.32. The monoisotopic (exact) mass is 423 g/mol. The number of piperazine rings is 1. The number of benzene rings is 2. The molecule has 0 spiro atoms. The quantitative estimate of drug-likeness (QED) is 0.405. The van der Waals surface area contributed by atoms with Crippen LogP contribution in [0.15, 0.2) is 53.5 Å². The van der Waals surface area contributed by atoms with Gasteiger partial charge in [-0.1, -0.05) is 36.4 Å². The molecule has 7 nitrogen and oxygen atoms in total. The summed E-state index contributed by atoms with van der Waals surface area (Å²) in [5.74, 6) is 2.43. The number of likely N-dealkylation sites (N-methyl/N-ethyl adjacent to an activating group) is 1. The Balaban J connectivity index is 1.22. The third kappa shape index (κ3) is 5.68. The summed E-state index contributed by atoms with van der Waals surface area (Å²) in [5.41, 5.74) is 2.54. The van der Waals surface area contributed by atoms with E-state index >= 15 is 0 Å². The smallest absolute Gasteiger partial charge is 0.231 e. The van der Waals surface area contributed by atoms with E-state index in [4.69, 9.17) is 9.47 Å². The lowest BCUT2D eigenvalue weighted by atomic mass is 10.0. The van der Waals surface area contributed by atoms with E-state index in [-0.39, 0.29) is 0 Å². The van der Waals surface area contributed by atoms with Crippen molar-refractivity contribution in [2.45, 2.75) is 19.0 Å². The van der Waals surface area contributed by atoms with Crippen LogP contribution in [-0.4, -0.2) is 69.4 Å². The standard InChI is InChI=1S/C24H33N5O2/c1-25-24(27-16-19-9-10-22-23(15-19)31-18-30-22)26-11-6-12-29-14-13-28(2)17-21(29)20-7-4-3-5-8-20/h3-5,7-10,15,21H,6,11-14,16-18H2,1-2H3,(H2,25,26,27). The Kier molecular flexibility index (Phi) is 7.27. The lowest BCUT2D eigenvalue weighted by Gasteiger charge is -2.40.